The van der Waals surface area contributed by atoms with Gasteiger partial charge in [-0.3, -0.25) is 9.59 Å². The second-order valence-corrected chi connectivity index (χ2v) is 7.95. The molecule has 4 rings (SSSR count). The quantitative estimate of drug-likeness (QED) is 0.271. The molecule has 0 fully saturated rings. The zero-order chi connectivity index (χ0) is 23.4. The molecule has 0 unspecified atom stereocenters. The normalized spacial score (nSPS) is 13.5. The summed E-state index contributed by atoms with van der Waals surface area (Å²) in [6.07, 6.45) is 1.92. The number of carbonyl (C=O) groups excluding carboxylic acids is 2. The lowest BCUT2D eigenvalue weighted by Crippen LogP contribution is -2.21. The Labute approximate surface area is 194 Å². The Hall–Kier alpha value is -3.86. The molecule has 0 spiro atoms. The summed E-state index contributed by atoms with van der Waals surface area (Å²) in [6, 6.07) is 20.8. The maximum Gasteiger partial charge on any atom is 0.315 e. The molecule has 0 aliphatic carbocycles. The van der Waals surface area contributed by atoms with E-state index in [1.807, 2.05) is 61.5 Å². The Morgan fingerprint density at radius 2 is 1.70 bits per heavy atom. The highest BCUT2D eigenvalue weighted by molar-refractivity contribution is 6.15. The van der Waals surface area contributed by atoms with E-state index in [4.69, 9.17) is 9.47 Å². The van der Waals surface area contributed by atoms with Gasteiger partial charge in [-0.2, -0.15) is 0 Å². The van der Waals surface area contributed by atoms with Gasteiger partial charge in [0, 0.05) is 24.8 Å². The fraction of sp³-hybridized carbons (Fsp3) is 0.214. The van der Waals surface area contributed by atoms with Crippen LogP contribution in [0.1, 0.15) is 40.9 Å². The molecule has 5 heteroatoms. The molecule has 0 amide bonds. The summed E-state index contributed by atoms with van der Waals surface area (Å²) in [5.41, 5.74) is 4.12. The molecule has 1 aliphatic rings. The zero-order valence-electron chi connectivity index (χ0n) is 19.1. The van der Waals surface area contributed by atoms with Crippen molar-refractivity contribution in [3.63, 3.8) is 0 Å². The summed E-state index contributed by atoms with van der Waals surface area (Å²) in [5.74, 6) is 0.501. The molecular weight excluding hydrogens is 414 g/mol. The molecule has 3 aromatic carbocycles. The van der Waals surface area contributed by atoms with Crippen molar-refractivity contribution in [2.24, 2.45) is 0 Å². The average molecular weight is 442 g/mol. The fourth-order valence-electron chi connectivity index (χ4n) is 3.99. The lowest BCUT2D eigenvalue weighted by molar-refractivity contribution is -0.133. The van der Waals surface area contributed by atoms with E-state index < -0.39 is 0 Å². The first-order valence-electron chi connectivity index (χ1n) is 11.2. The summed E-state index contributed by atoms with van der Waals surface area (Å²) in [5, 5.41) is 0. The SMILES string of the molecule is CCN(CC)c1ccc(/C=C2\Oc3cc(OC(=O)Cc4ccccc4)cc(C)c3C2=O)cc1. The molecule has 0 saturated heterocycles. The molecule has 0 radical (unpaired) electrons. The van der Waals surface area contributed by atoms with Crippen molar-refractivity contribution in [3.8, 4) is 11.5 Å². The number of hydrogen-bond acceptors (Lipinski definition) is 5. The average Bonchev–Trinajstić information content (AvgIpc) is 3.11. The molecule has 1 aliphatic heterocycles. The van der Waals surface area contributed by atoms with Gasteiger partial charge >= 0.3 is 5.97 Å². The van der Waals surface area contributed by atoms with Crippen molar-refractivity contribution in [1.82, 2.24) is 0 Å². The maximum absolute atomic E-state index is 13.0. The minimum Gasteiger partial charge on any atom is -0.452 e. The summed E-state index contributed by atoms with van der Waals surface area (Å²) in [6.45, 7) is 7.93. The standard InChI is InChI=1S/C28H27NO4/c1-4-29(5-2)22-13-11-21(12-14-22)16-25-28(31)27-19(3)15-23(18-24(27)33-25)32-26(30)17-20-9-7-6-8-10-20/h6-16,18H,4-5,17H2,1-3H3/b25-16-. The number of allylic oxidation sites excluding steroid dienone is 1. The highest BCUT2D eigenvalue weighted by Gasteiger charge is 2.30. The molecule has 1 heterocycles. The van der Waals surface area contributed by atoms with Crippen LogP contribution in [0.4, 0.5) is 5.69 Å². The van der Waals surface area contributed by atoms with Crippen molar-refractivity contribution >= 4 is 23.5 Å². The van der Waals surface area contributed by atoms with Gasteiger partial charge in [0.1, 0.15) is 11.5 Å². The van der Waals surface area contributed by atoms with Crippen molar-refractivity contribution < 1.29 is 19.1 Å². The van der Waals surface area contributed by atoms with Gasteiger partial charge in [-0.05, 0) is 61.7 Å². The third kappa shape index (κ3) is 4.98. The number of aryl methyl sites for hydroxylation is 1. The Morgan fingerprint density at radius 1 is 1.00 bits per heavy atom. The van der Waals surface area contributed by atoms with E-state index in [9.17, 15) is 9.59 Å². The lowest BCUT2D eigenvalue weighted by Gasteiger charge is -2.20. The zero-order valence-corrected chi connectivity index (χ0v) is 19.1. The van der Waals surface area contributed by atoms with Crippen molar-refractivity contribution in [2.45, 2.75) is 27.2 Å². The first kappa shape index (κ1) is 22.3. The summed E-state index contributed by atoms with van der Waals surface area (Å²) < 4.78 is 11.4. The number of anilines is 1. The van der Waals surface area contributed by atoms with Crippen LogP contribution in [0.25, 0.3) is 6.08 Å². The van der Waals surface area contributed by atoms with Gasteiger partial charge < -0.3 is 14.4 Å². The third-order valence-electron chi connectivity index (χ3n) is 5.69. The minimum atomic E-state index is -0.367. The van der Waals surface area contributed by atoms with E-state index in [1.165, 1.54) is 0 Å². The number of hydrogen-bond donors (Lipinski definition) is 0. The smallest absolute Gasteiger partial charge is 0.315 e. The van der Waals surface area contributed by atoms with Gasteiger partial charge in [-0.25, -0.2) is 0 Å². The number of nitrogens with zero attached hydrogens (tertiary/aromatic N) is 1. The second-order valence-electron chi connectivity index (χ2n) is 7.95. The van der Waals surface area contributed by atoms with Crippen LogP contribution in [0.2, 0.25) is 0 Å². The monoisotopic (exact) mass is 441 g/mol. The number of Topliss-reactive ketones (excluding diaryl/α,β-unsaturated/α-hetero) is 1. The van der Waals surface area contributed by atoms with Gasteiger partial charge in [0.2, 0.25) is 5.78 Å². The molecule has 168 valence electrons. The van der Waals surface area contributed by atoms with Crippen molar-refractivity contribution in [3.05, 3.63) is 94.7 Å². The van der Waals surface area contributed by atoms with E-state index in [1.54, 1.807) is 18.2 Å². The topological polar surface area (TPSA) is 55.8 Å². The number of ketones is 1. The van der Waals surface area contributed by atoms with Crippen molar-refractivity contribution in [1.29, 1.82) is 0 Å². The Bertz CT molecular complexity index is 1190. The van der Waals surface area contributed by atoms with Gasteiger partial charge in [-0.15, -0.1) is 0 Å². The summed E-state index contributed by atoms with van der Waals surface area (Å²) in [7, 11) is 0. The van der Waals surface area contributed by atoms with Gasteiger partial charge in [0.05, 0.1) is 12.0 Å². The molecule has 3 aromatic rings. The first-order valence-corrected chi connectivity index (χ1v) is 11.2. The van der Waals surface area contributed by atoms with E-state index in [2.05, 4.69) is 18.7 Å². The second kappa shape index (κ2) is 9.74. The Morgan fingerprint density at radius 3 is 2.36 bits per heavy atom. The van der Waals surface area contributed by atoms with E-state index in [0.717, 1.165) is 29.9 Å². The molecule has 0 saturated carbocycles. The molecular formula is C28H27NO4. The van der Waals surface area contributed by atoms with Gasteiger partial charge in [0.25, 0.3) is 0 Å². The Balaban J connectivity index is 1.50. The largest absolute Gasteiger partial charge is 0.452 e. The van der Waals surface area contributed by atoms with Crippen LogP contribution >= 0.6 is 0 Å². The predicted octanol–water partition coefficient (Wildman–Crippen LogP) is 5.61. The maximum atomic E-state index is 13.0. The number of carbonyl (C=O) groups is 2. The predicted molar refractivity (Wildman–Crippen MR) is 130 cm³/mol. The molecule has 0 bridgehead atoms. The Kier molecular flexibility index (Phi) is 6.59. The molecule has 5 nitrogen and oxygen atoms in total. The van der Waals surface area contributed by atoms with Crippen LogP contribution in [-0.4, -0.2) is 24.8 Å². The van der Waals surface area contributed by atoms with Crippen LogP contribution in [0.3, 0.4) is 0 Å². The lowest BCUT2D eigenvalue weighted by atomic mass is 10.0. The van der Waals surface area contributed by atoms with Crippen LogP contribution in [0, 0.1) is 6.92 Å². The van der Waals surface area contributed by atoms with Gasteiger partial charge in [0.15, 0.2) is 5.76 Å². The summed E-state index contributed by atoms with van der Waals surface area (Å²) in [4.78, 5) is 27.6. The van der Waals surface area contributed by atoms with Crippen LogP contribution in [-0.2, 0) is 11.2 Å². The van der Waals surface area contributed by atoms with E-state index >= 15 is 0 Å². The fourth-order valence-corrected chi connectivity index (χ4v) is 3.99. The first-order chi connectivity index (χ1) is 16.0. The number of fused-ring (bicyclic) bond motifs is 1. The summed E-state index contributed by atoms with van der Waals surface area (Å²) >= 11 is 0. The van der Waals surface area contributed by atoms with Crippen molar-refractivity contribution in [2.75, 3.05) is 18.0 Å². The molecule has 0 N–H and O–H groups in total. The van der Waals surface area contributed by atoms with Crippen LogP contribution in [0.15, 0.2) is 72.5 Å². The van der Waals surface area contributed by atoms with E-state index in [-0.39, 0.29) is 23.9 Å². The number of benzene rings is 3. The highest BCUT2D eigenvalue weighted by Crippen LogP contribution is 2.37. The number of ether oxygens (including phenoxy) is 2. The molecule has 0 aromatic heterocycles. The number of rotatable bonds is 7. The van der Waals surface area contributed by atoms with Crippen LogP contribution < -0.4 is 14.4 Å². The minimum absolute atomic E-state index is 0.169. The molecule has 0 atom stereocenters. The van der Waals surface area contributed by atoms with E-state index in [0.29, 0.717) is 22.6 Å². The third-order valence-corrected chi connectivity index (χ3v) is 5.69. The number of esters is 1. The molecule has 33 heavy (non-hydrogen) atoms. The van der Waals surface area contributed by atoms with Crippen LogP contribution in [0.5, 0.6) is 11.5 Å². The van der Waals surface area contributed by atoms with Gasteiger partial charge in [-0.1, -0.05) is 42.5 Å². The highest BCUT2D eigenvalue weighted by atomic mass is 16.5.